The highest BCUT2D eigenvalue weighted by Crippen LogP contribution is 2.30. The molecule has 0 radical (unpaired) electrons. The Labute approximate surface area is 240 Å². The number of hydrogen-bond acceptors (Lipinski definition) is 10. The molecule has 1 aliphatic heterocycles. The van der Waals surface area contributed by atoms with Crippen molar-refractivity contribution in [3.8, 4) is 5.75 Å². The van der Waals surface area contributed by atoms with Crippen molar-refractivity contribution in [2.75, 3.05) is 29.6 Å². The van der Waals surface area contributed by atoms with Crippen LogP contribution in [0.3, 0.4) is 0 Å². The van der Waals surface area contributed by atoms with E-state index < -0.39 is 0 Å². The Hall–Kier alpha value is -3.90. The van der Waals surface area contributed by atoms with Crippen LogP contribution in [-0.4, -0.2) is 56.1 Å². The topological polar surface area (TPSA) is 127 Å². The molecule has 1 aliphatic rings. The number of ether oxygens (including phenoxy) is 1. The quantitative estimate of drug-likeness (QED) is 0.234. The molecule has 2 atom stereocenters. The fourth-order valence-electron chi connectivity index (χ4n) is 4.88. The standard InChI is InChI=1S/C27H29ClN8O3S/c1-15-11-19(16(2)31-21-5-6-22(28)32-24(21)25(37)34-40-4)23-20(12-15)26(38)35(3)27(33-23)36-10-8-18(14-36)39-17-7-9-29-30-13-17/h5-7,9,11-13,16,18,31H,8,10,14H2,1-4H3,(H,34,37). The van der Waals surface area contributed by atoms with Gasteiger partial charge in [-0.25, -0.2) is 9.97 Å². The first-order valence-electron chi connectivity index (χ1n) is 12.7. The minimum atomic E-state index is -0.360. The van der Waals surface area contributed by atoms with Gasteiger partial charge < -0.3 is 15.0 Å². The molecule has 5 rings (SSSR count). The molecule has 2 N–H and O–H groups in total. The van der Waals surface area contributed by atoms with Crippen molar-refractivity contribution in [1.29, 1.82) is 0 Å². The lowest BCUT2D eigenvalue weighted by molar-refractivity contribution is 0.0980. The van der Waals surface area contributed by atoms with Gasteiger partial charge >= 0.3 is 0 Å². The Bertz CT molecular complexity index is 1620. The normalized spacial score (nSPS) is 15.7. The van der Waals surface area contributed by atoms with Gasteiger partial charge in [0.25, 0.3) is 11.5 Å². The number of nitrogens with one attached hydrogen (secondary N) is 2. The minimum absolute atomic E-state index is 0.0712. The van der Waals surface area contributed by atoms with Crippen LogP contribution in [0.4, 0.5) is 11.6 Å². The first-order valence-corrected chi connectivity index (χ1v) is 14.3. The number of aromatic nitrogens is 5. The second kappa shape index (κ2) is 11.7. The summed E-state index contributed by atoms with van der Waals surface area (Å²) in [5.41, 5.74) is 2.93. The SMILES string of the molecule is CSNC(=O)c1nc(Cl)ccc1NC(C)c1cc(C)cc2c(=O)n(C)c(N3CCC(Oc4ccnnc4)C3)nc12. The number of carbonyl (C=O) groups excluding carboxylic acids is 1. The lowest BCUT2D eigenvalue weighted by atomic mass is 10.0. The van der Waals surface area contributed by atoms with E-state index in [-0.39, 0.29) is 34.5 Å². The van der Waals surface area contributed by atoms with E-state index >= 15 is 0 Å². The molecule has 3 aromatic heterocycles. The lowest BCUT2D eigenvalue weighted by Crippen LogP contribution is -2.32. The Kier molecular flexibility index (Phi) is 8.08. The number of benzene rings is 1. The number of anilines is 2. The summed E-state index contributed by atoms with van der Waals surface area (Å²) in [6, 6.07) is 8.67. The highest BCUT2D eigenvalue weighted by Gasteiger charge is 2.28. The summed E-state index contributed by atoms with van der Waals surface area (Å²) in [5.74, 6) is 0.866. The number of nitrogens with zero attached hydrogens (tertiary/aromatic N) is 6. The number of fused-ring (bicyclic) bond motifs is 1. The summed E-state index contributed by atoms with van der Waals surface area (Å²) in [6.45, 7) is 5.17. The van der Waals surface area contributed by atoms with Gasteiger partial charge in [-0.1, -0.05) is 29.6 Å². The number of halogens is 1. The molecule has 1 fully saturated rings. The Morgan fingerprint density at radius 1 is 1.23 bits per heavy atom. The first-order chi connectivity index (χ1) is 19.2. The average molecular weight is 581 g/mol. The van der Waals surface area contributed by atoms with E-state index in [1.165, 1.54) is 11.9 Å². The van der Waals surface area contributed by atoms with Gasteiger partial charge in [0.2, 0.25) is 5.95 Å². The zero-order chi connectivity index (χ0) is 28.4. The average Bonchev–Trinajstić information content (AvgIpc) is 3.40. The van der Waals surface area contributed by atoms with Crippen LogP contribution in [0.25, 0.3) is 10.9 Å². The van der Waals surface area contributed by atoms with Crippen molar-refractivity contribution in [2.24, 2.45) is 7.05 Å². The number of rotatable bonds is 8. The fourth-order valence-corrected chi connectivity index (χ4v) is 5.31. The van der Waals surface area contributed by atoms with Gasteiger partial charge in [-0.2, -0.15) is 10.2 Å². The molecule has 0 saturated carbocycles. The van der Waals surface area contributed by atoms with Crippen molar-refractivity contribution in [2.45, 2.75) is 32.4 Å². The van der Waals surface area contributed by atoms with Gasteiger partial charge in [0.05, 0.1) is 41.6 Å². The molecule has 1 aromatic carbocycles. The summed E-state index contributed by atoms with van der Waals surface area (Å²) < 4.78 is 10.3. The van der Waals surface area contributed by atoms with Crippen molar-refractivity contribution in [1.82, 2.24) is 29.5 Å². The molecule has 11 nitrogen and oxygen atoms in total. The van der Waals surface area contributed by atoms with Crippen molar-refractivity contribution in [3.63, 3.8) is 0 Å². The third-order valence-corrected chi connectivity index (χ3v) is 7.33. The maximum atomic E-state index is 13.6. The first kappa shape index (κ1) is 27.7. The van der Waals surface area contributed by atoms with E-state index in [1.807, 2.05) is 26.0 Å². The molecule has 13 heteroatoms. The van der Waals surface area contributed by atoms with Crippen molar-refractivity contribution < 1.29 is 9.53 Å². The molecule has 1 saturated heterocycles. The van der Waals surface area contributed by atoms with Gasteiger partial charge in [-0.15, -0.1) is 0 Å². The predicted octanol–water partition coefficient (Wildman–Crippen LogP) is 3.92. The number of carbonyl (C=O) groups is 1. The molecule has 4 aromatic rings. The summed E-state index contributed by atoms with van der Waals surface area (Å²) in [7, 11) is 1.74. The van der Waals surface area contributed by atoms with Crippen LogP contribution < -0.4 is 25.2 Å². The predicted molar refractivity (Wildman–Crippen MR) is 157 cm³/mol. The minimum Gasteiger partial charge on any atom is -0.487 e. The van der Waals surface area contributed by atoms with Crippen molar-refractivity contribution in [3.05, 3.63) is 75.1 Å². The van der Waals surface area contributed by atoms with E-state index in [2.05, 4.69) is 30.1 Å². The van der Waals surface area contributed by atoms with Crippen LogP contribution in [0.15, 0.2) is 47.5 Å². The summed E-state index contributed by atoms with van der Waals surface area (Å²) in [5, 5.41) is 11.8. The zero-order valence-corrected chi connectivity index (χ0v) is 24.1. The summed E-state index contributed by atoms with van der Waals surface area (Å²) in [4.78, 5) is 37.5. The highest BCUT2D eigenvalue weighted by atomic mass is 35.5. The third kappa shape index (κ3) is 5.68. The summed E-state index contributed by atoms with van der Waals surface area (Å²) in [6.07, 6.45) is 5.64. The zero-order valence-electron chi connectivity index (χ0n) is 22.5. The maximum absolute atomic E-state index is 13.6. The summed E-state index contributed by atoms with van der Waals surface area (Å²) >= 11 is 7.27. The number of amides is 1. The molecule has 0 aliphatic carbocycles. The second-order valence-corrected chi connectivity index (χ2v) is 10.6. The maximum Gasteiger partial charge on any atom is 0.281 e. The van der Waals surface area contributed by atoms with E-state index in [9.17, 15) is 9.59 Å². The molecule has 208 valence electrons. The second-order valence-electron chi connectivity index (χ2n) is 9.61. The fraction of sp³-hybridized carbons (Fsp3) is 0.333. The smallest absolute Gasteiger partial charge is 0.281 e. The number of pyridine rings is 1. The Morgan fingerprint density at radius 3 is 2.80 bits per heavy atom. The number of aryl methyl sites for hydroxylation is 1. The van der Waals surface area contributed by atoms with Crippen LogP contribution in [-0.2, 0) is 7.05 Å². The molecule has 40 heavy (non-hydrogen) atoms. The molecular weight excluding hydrogens is 552 g/mol. The lowest BCUT2D eigenvalue weighted by Gasteiger charge is -2.23. The Balaban J connectivity index is 1.49. The molecule has 0 bridgehead atoms. The molecule has 2 unspecified atom stereocenters. The molecule has 4 heterocycles. The monoisotopic (exact) mass is 580 g/mol. The Morgan fingerprint density at radius 2 is 2.05 bits per heavy atom. The van der Waals surface area contributed by atoms with Gasteiger partial charge in [0.1, 0.15) is 17.0 Å². The highest BCUT2D eigenvalue weighted by molar-refractivity contribution is 7.97. The number of hydrogen-bond donors (Lipinski definition) is 2. The van der Waals surface area contributed by atoms with Crippen LogP contribution in [0.5, 0.6) is 5.75 Å². The molecule has 1 amide bonds. The van der Waals surface area contributed by atoms with Crippen LogP contribution in [0.1, 0.15) is 41.0 Å². The van der Waals surface area contributed by atoms with Gasteiger partial charge in [0.15, 0.2) is 5.69 Å². The van der Waals surface area contributed by atoms with Gasteiger partial charge in [-0.3, -0.25) is 18.9 Å². The van der Waals surface area contributed by atoms with E-state index in [0.717, 1.165) is 17.5 Å². The van der Waals surface area contributed by atoms with Crippen molar-refractivity contribution >= 4 is 52.0 Å². The van der Waals surface area contributed by atoms with Crippen LogP contribution in [0, 0.1) is 6.92 Å². The van der Waals surface area contributed by atoms with E-state index in [0.29, 0.717) is 41.4 Å². The molecular formula is C27H29ClN8O3S. The van der Waals surface area contributed by atoms with Crippen LogP contribution in [0.2, 0.25) is 5.15 Å². The van der Waals surface area contributed by atoms with E-state index in [4.69, 9.17) is 21.3 Å². The van der Waals surface area contributed by atoms with E-state index in [1.54, 1.807) is 48.5 Å². The van der Waals surface area contributed by atoms with Gasteiger partial charge in [-0.05, 0) is 37.6 Å². The largest absolute Gasteiger partial charge is 0.487 e. The van der Waals surface area contributed by atoms with Gasteiger partial charge in [0, 0.05) is 37.9 Å². The third-order valence-electron chi connectivity index (χ3n) is 6.73. The molecule has 0 spiro atoms. The van der Waals surface area contributed by atoms with Crippen LogP contribution >= 0.6 is 23.5 Å².